The minimum atomic E-state index is -0.496. The summed E-state index contributed by atoms with van der Waals surface area (Å²) in [5.41, 5.74) is 4.48. The monoisotopic (exact) mass is 351 g/mol. The van der Waals surface area contributed by atoms with Crippen LogP contribution in [0, 0.1) is 0 Å². The van der Waals surface area contributed by atoms with E-state index in [2.05, 4.69) is 53.0 Å². The maximum Gasteiger partial charge on any atom is 0.123 e. The first kappa shape index (κ1) is 16.5. The predicted molar refractivity (Wildman–Crippen MR) is 100 cm³/mol. The lowest BCUT2D eigenvalue weighted by Crippen LogP contribution is -2.31. The Hall–Kier alpha value is -2.95. The standard InChI is InChI=1S/C21H21FN2O2/c1-23-20-14-16(25-2)8-9-18(20)24-11-4-7-19(24)21(23)15-5-3-6-17(13-15)26-12-10-22/h3-9,11,13-14,21H,10,12H2,1-2H3/i22-1. The molecule has 3 aromatic rings. The number of aromatic nitrogens is 1. The molecule has 0 aliphatic carbocycles. The summed E-state index contributed by atoms with van der Waals surface area (Å²) in [5.74, 6) is 1.51. The number of nitrogens with zero attached hydrogens (tertiary/aromatic N) is 2. The van der Waals surface area contributed by atoms with E-state index in [9.17, 15) is 4.39 Å². The Morgan fingerprint density at radius 1 is 1.00 bits per heavy atom. The number of methoxy groups -OCH3 is 1. The molecule has 0 saturated heterocycles. The molecule has 4 nitrogen and oxygen atoms in total. The molecule has 1 aliphatic heterocycles. The second-order valence-electron chi connectivity index (χ2n) is 6.28. The first-order valence-corrected chi connectivity index (χ1v) is 8.60. The first-order valence-electron chi connectivity index (χ1n) is 8.60. The third-order valence-electron chi connectivity index (χ3n) is 4.79. The number of hydrogen-bond acceptors (Lipinski definition) is 3. The minimum absolute atomic E-state index is 0.0264. The van der Waals surface area contributed by atoms with Crippen molar-refractivity contribution in [2.75, 3.05) is 32.3 Å². The van der Waals surface area contributed by atoms with Gasteiger partial charge in [-0.15, -0.1) is 0 Å². The fraction of sp³-hybridized carbons (Fsp3) is 0.238. The van der Waals surface area contributed by atoms with Gasteiger partial charge in [0.15, 0.2) is 0 Å². The fourth-order valence-corrected chi connectivity index (χ4v) is 3.62. The zero-order chi connectivity index (χ0) is 18.1. The van der Waals surface area contributed by atoms with Crippen molar-refractivity contribution in [2.45, 2.75) is 6.04 Å². The molecule has 134 valence electrons. The van der Waals surface area contributed by atoms with Crippen LogP contribution in [0.4, 0.5) is 10.1 Å². The summed E-state index contributed by atoms with van der Waals surface area (Å²) in [4.78, 5) is 2.24. The molecule has 0 bridgehead atoms. The van der Waals surface area contributed by atoms with Gasteiger partial charge in [0.1, 0.15) is 24.8 Å². The molecule has 0 N–H and O–H groups in total. The molecule has 0 saturated carbocycles. The quantitative estimate of drug-likeness (QED) is 0.683. The highest BCUT2D eigenvalue weighted by Gasteiger charge is 2.30. The van der Waals surface area contributed by atoms with Gasteiger partial charge >= 0.3 is 0 Å². The van der Waals surface area contributed by atoms with Crippen LogP contribution in [-0.2, 0) is 0 Å². The highest BCUT2D eigenvalue weighted by Crippen LogP contribution is 2.42. The summed E-state index contributed by atoms with van der Waals surface area (Å²) in [6.07, 6.45) is 2.07. The van der Waals surface area contributed by atoms with E-state index in [1.807, 2.05) is 24.3 Å². The molecule has 2 heterocycles. The molecule has 4 rings (SSSR count). The van der Waals surface area contributed by atoms with Crippen LogP contribution in [-0.4, -0.2) is 32.0 Å². The van der Waals surface area contributed by atoms with Crippen LogP contribution in [0.3, 0.4) is 0 Å². The fourth-order valence-electron chi connectivity index (χ4n) is 3.62. The first-order chi connectivity index (χ1) is 12.7. The average Bonchev–Trinajstić information content (AvgIpc) is 3.16. The molecule has 1 unspecified atom stereocenters. The molecular weight excluding hydrogens is 330 g/mol. The van der Waals surface area contributed by atoms with Gasteiger partial charge in [-0.25, -0.2) is 4.39 Å². The summed E-state index contributed by atoms with van der Waals surface area (Å²) >= 11 is 0. The van der Waals surface area contributed by atoms with Gasteiger partial charge in [0.2, 0.25) is 0 Å². The zero-order valence-electron chi connectivity index (χ0n) is 14.9. The Labute approximate surface area is 152 Å². The van der Waals surface area contributed by atoms with Gasteiger partial charge in [0, 0.05) is 25.0 Å². The summed E-state index contributed by atoms with van der Waals surface area (Å²) in [5, 5.41) is 0. The van der Waals surface area contributed by atoms with E-state index < -0.39 is 6.67 Å². The smallest absolute Gasteiger partial charge is 0.123 e. The molecule has 0 amide bonds. The van der Waals surface area contributed by atoms with Crippen LogP contribution in [0.25, 0.3) is 5.69 Å². The Morgan fingerprint density at radius 3 is 2.69 bits per heavy atom. The molecule has 26 heavy (non-hydrogen) atoms. The van der Waals surface area contributed by atoms with E-state index in [-0.39, 0.29) is 12.6 Å². The SMILES string of the molecule is COc1ccc2c(c1)N(C)C(c1cccc(OCC[18F])c1)c1cccn1-2. The lowest BCUT2D eigenvalue weighted by Gasteiger charge is -2.37. The van der Waals surface area contributed by atoms with E-state index in [0.717, 1.165) is 22.7 Å². The maximum atomic E-state index is 12.4. The second-order valence-corrected chi connectivity index (χ2v) is 6.28. The van der Waals surface area contributed by atoms with Crippen molar-refractivity contribution in [3.8, 4) is 17.2 Å². The predicted octanol–water partition coefficient (Wildman–Crippen LogP) is 4.37. The van der Waals surface area contributed by atoms with E-state index in [1.54, 1.807) is 7.11 Å². The van der Waals surface area contributed by atoms with E-state index >= 15 is 0 Å². The Bertz CT molecular complexity index is 922. The van der Waals surface area contributed by atoms with Crippen molar-refractivity contribution in [3.63, 3.8) is 0 Å². The minimum Gasteiger partial charge on any atom is -0.497 e. The van der Waals surface area contributed by atoms with Crippen LogP contribution in [0.2, 0.25) is 0 Å². The van der Waals surface area contributed by atoms with Gasteiger partial charge in [0.25, 0.3) is 0 Å². The topological polar surface area (TPSA) is 26.6 Å². The highest BCUT2D eigenvalue weighted by molar-refractivity contribution is 5.70. The van der Waals surface area contributed by atoms with E-state index in [1.165, 1.54) is 5.69 Å². The lowest BCUT2D eigenvalue weighted by atomic mass is 9.98. The number of rotatable bonds is 5. The van der Waals surface area contributed by atoms with Gasteiger partial charge in [0.05, 0.1) is 24.5 Å². The number of alkyl halides is 1. The van der Waals surface area contributed by atoms with Crippen molar-refractivity contribution < 1.29 is 13.9 Å². The molecule has 0 fully saturated rings. The Kier molecular flexibility index (Phi) is 4.29. The van der Waals surface area contributed by atoms with Crippen molar-refractivity contribution in [3.05, 3.63) is 72.1 Å². The number of benzene rings is 2. The molecular formula is C21H21FN2O2. The number of hydrogen-bond donors (Lipinski definition) is 0. The van der Waals surface area contributed by atoms with Crippen molar-refractivity contribution in [1.29, 1.82) is 0 Å². The van der Waals surface area contributed by atoms with Crippen LogP contribution < -0.4 is 14.4 Å². The third-order valence-corrected chi connectivity index (χ3v) is 4.79. The normalized spacial score (nSPS) is 15.3. The van der Waals surface area contributed by atoms with Crippen LogP contribution in [0.15, 0.2) is 60.8 Å². The van der Waals surface area contributed by atoms with Crippen LogP contribution in [0.1, 0.15) is 17.3 Å². The van der Waals surface area contributed by atoms with E-state index in [4.69, 9.17) is 9.47 Å². The van der Waals surface area contributed by atoms with Gasteiger partial charge in [-0.05, 0) is 42.0 Å². The molecule has 0 radical (unpaired) electrons. The molecule has 1 aromatic heterocycles. The van der Waals surface area contributed by atoms with Crippen molar-refractivity contribution in [2.24, 2.45) is 0 Å². The molecule has 2 aromatic carbocycles. The summed E-state index contributed by atoms with van der Waals surface area (Å²) in [6, 6.07) is 18.2. The zero-order valence-corrected chi connectivity index (χ0v) is 14.9. The third kappa shape index (κ3) is 2.69. The number of fused-ring (bicyclic) bond motifs is 3. The van der Waals surface area contributed by atoms with Crippen molar-refractivity contribution in [1.82, 2.24) is 4.57 Å². The summed E-state index contributed by atoms with van der Waals surface area (Å²) < 4.78 is 25.5. The van der Waals surface area contributed by atoms with Gasteiger partial charge in [-0.1, -0.05) is 12.1 Å². The maximum absolute atomic E-state index is 12.4. The van der Waals surface area contributed by atoms with Gasteiger partial charge in [-0.3, -0.25) is 0 Å². The largest absolute Gasteiger partial charge is 0.497 e. The number of halogens is 1. The Morgan fingerprint density at radius 2 is 1.88 bits per heavy atom. The number of ether oxygens (including phenoxy) is 2. The lowest BCUT2D eigenvalue weighted by molar-refractivity contribution is 0.273. The Balaban J connectivity index is 1.80. The van der Waals surface area contributed by atoms with Crippen molar-refractivity contribution >= 4 is 5.69 Å². The molecule has 1 atom stereocenters. The average molecular weight is 351 g/mol. The van der Waals surface area contributed by atoms with Crippen LogP contribution >= 0.6 is 0 Å². The highest BCUT2D eigenvalue weighted by atomic mass is 18.2. The van der Waals surface area contributed by atoms with E-state index in [0.29, 0.717) is 5.75 Å². The molecule has 0 spiro atoms. The number of anilines is 1. The van der Waals surface area contributed by atoms with Crippen LogP contribution in [0.5, 0.6) is 11.5 Å². The summed E-state index contributed by atoms with van der Waals surface area (Å²) in [6.45, 7) is -0.427. The van der Waals surface area contributed by atoms with Gasteiger partial charge in [-0.2, -0.15) is 0 Å². The van der Waals surface area contributed by atoms with Gasteiger partial charge < -0.3 is 18.9 Å². The second kappa shape index (κ2) is 6.75. The molecule has 1 aliphatic rings. The molecule has 5 heteroatoms. The summed E-state index contributed by atoms with van der Waals surface area (Å²) in [7, 11) is 3.75.